The molecule has 1 atom stereocenters. The van der Waals surface area contributed by atoms with Crippen LogP contribution in [0.15, 0.2) is 42.5 Å². The largest absolute Gasteiger partial charge is 0.355 e. The summed E-state index contributed by atoms with van der Waals surface area (Å²) in [7, 11) is 0. The lowest BCUT2D eigenvalue weighted by Gasteiger charge is -2.16. The minimum Gasteiger partial charge on any atom is -0.355 e. The zero-order chi connectivity index (χ0) is 15.4. The molecule has 22 heavy (non-hydrogen) atoms. The monoisotopic (exact) mass is 296 g/mol. The summed E-state index contributed by atoms with van der Waals surface area (Å²) < 4.78 is 0. The van der Waals surface area contributed by atoms with Gasteiger partial charge in [-0.2, -0.15) is 0 Å². The molecule has 1 aromatic heterocycles. The van der Waals surface area contributed by atoms with Crippen LogP contribution in [0.2, 0.25) is 0 Å². The quantitative estimate of drug-likeness (QED) is 0.942. The number of nitrogens with one attached hydrogen (secondary N) is 1. The Morgan fingerprint density at radius 2 is 1.82 bits per heavy atom. The van der Waals surface area contributed by atoms with Gasteiger partial charge in [-0.25, -0.2) is 0 Å². The molecule has 1 N–H and O–H groups in total. The molecule has 2 heterocycles. The van der Waals surface area contributed by atoms with Crippen LogP contribution >= 0.6 is 0 Å². The lowest BCUT2D eigenvalue weighted by Crippen LogP contribution is -2.28. The molecule has 114 valence electrons. The zero-order valence-corrected chi connectivity index (χ0v) is 12.7. The van der Waals surface area contributed by atoms with Gasteiger partial charge in [0, 0.05) is 13.1 Å². The van der Waals surface area contributed by atoms with Crippen LogP contribution < -0.4 is 10.2 Å². The molecule has 5 heteroatoms. The van der Waals surface area contributed by atoms with Crippen molar-refractivity contribution in [1.29, 1.82) is 0 Å². The molecule has 1 saturated heterocycles. The van der Waals surface area contributed by atoms with Gasteiger partial charge >= 0.3 is 0 Å². The van der Waals surface area contributed by atoms with Gasteiger partial charge in [0.05, 0.1) is 6.04 Å². The summed E-state index contributed by atoms with van der Waals surface area (Å²) >= 11 is 0. The van der Waals surface area contributed by atoms with Crippen molar-refractivity contribution < 1.29 is 4.79 Å². The highest BCUT2D eigenvalue weighted by Crippen LogP contribution is 2.17. The van der Waals surface area contributed by atoms with Crippen LogP contribution in [-0.2, 0) is 0 Å². The van der Waals surface area contributed by atoms with Crippen LogP contribution in [0, 0.1) is 0 Å². The number of benzene rings is 1. The maximum atomic E-state index is 12.2. The van der Waals surface area contributed by atoms with E-state index in [1.165, 1.54) is 12.8 Å². The Hall–Kier alpha value is -2.43. The first-order chi connectivity index (χ1) is 10.7. The van der Waals surface area contributed by atoms with Crippen molar-refractivity contribution in [3.63, 3.8) is 0 Å². The minimum absolute atomic E-state index is 0.0613. The first-order valence-corrected chi connectivity index (χ1v) is 7.68. The van der Waals surface area contributed by atoms with Crippen molar-refractivity contribution in [1.82, 2.24) is 15.5 Å². The molecular formula is C17H20N4O. The smallest absolute Gasteiger partial charge is 0.272 e. The molecule has 5 nitrogen and oxygen atoms in total. The van der Waals surface area contributed by atoms with E-state index in [1.807, 2.05) is 43.3 Å². The van der Waals surface area contributed by atoms with E-state index >= 15 is 0 Å². The van der Waals surface area contributed by atoms with Crippen LogP contribution in [0.5, 0.6) is 0 Å². The number of amides is 1. The summed E-state index contributed by atoms with van der Waals surface area (Å²) in [5, 5.41) is 11.2. The molecule has 3 rings (SSSR count). The predicted octanol–water partition coefficient (Wildman–Crippen LogP) is 2.57. The average Bonchev–Trinajstić information content (AvgIpc) is 3.10. The van der Waals surface area contributed by atoms with E-state index in [2.05, 4.69) is 20.4 Å². The van der Waals surface area contributed by atoms with Crippen LogP contribution in [-0.4, -0.2) is 29.2 Å². The second-order valence-electron chi connectivity index (χ2n) is 5.58. The third-order valence-electron chi connectivity index (χ3n) is 3.96. The van der Waals surface area contributed by atoms with Crippen LogP contribution in [0.4, 0.5) is 5.82 Å². The number of carbonyl (C=O) groups is 1. The van der Waals surface area contributed by atoms with Gasteiger partial charge < -0.3 is 10.2 Å². The Labute approximate surface area is 130 Å². The van der Waals surface area contributed by atoms with Crippen LogP contribution in [0.3, 0.4) is 0 Å². The third kappa shape index (κ3) is 3.24. The fourth-order valence-electron chi connectivity index (χ4n) is 2.66. The topological polar surface area (TPSA) is 58.1 Å². The fraction of sp³-hybridized carbons (Fsp3) is 0.353. The zero-order valence-electron chi connectivity index (χ0n) is 12.7. The number of nitrogens with zero attached hydrogens (tertiary/aromatic N) is 3. The highest BCUT2D eigenvalue weighted by molar-refractivity contribution is 5.92. The Bertz CT molecular complexity index is 621. The molecule has 1 amide bonds. The van der Waals surface area contributed by atoms with E-state index in [0.717, 1.165) is 24.5 Å². The maximum absolute atomic E-state index is 12.2. The van der Waals surface area contributed by atoms with Crippen molar-refractivity contribution in [2.24, 2.45) is 0 Å². The van der Waals surface area contributed by atoms with E-state index in [9.17, 15) is 4.79 Å². The number of carbonyl (C=O) groups excluding carboxylic acids is 1. The van der Waals surface area contributed by atoms with Gasteiger partial charge in [-0.15, -0.1) is 10.2 Å². The molecule has 2 aromatic rings. The number of rotatable bonds is 4. The number of hydrogen-bond acceptors (Lipinski definition) is 4. The highest BCUT2D eigenvalue weighted by atomic mass is 16.2. The van der Waals surface area contributed by atoms with E-state index in [0.29, 0.717) is 5.69 Å². The standard InChI is InChI=1S/C17H20N4O/c1-13(14-7-3-2-4-8-14)18-17(22)15-9-10-16(20-19-15)21-11-5-6-12-21/h2-4,7-10,13H,5-6,11-12H2,1H3,(H,18,22)/t13-/m1/s1. The summed E-state index contributed by atoms with van der Waals surface area (Å²) in [6.07, 6.45) is 2.39. The van der Waals surface area contributed by atoms with Gasteiger partial charge in [0.1, 0.15) is 0 Å². The van der Waals surface area contributed by atoms with Gasteiger partial charge in [0.15, 0.2) is 11.5 Å². The van der Waals surface area contributed by atoms with Gasteiger partial charge in [0.2, 0.25) is 0 Å². The lowest BCUT2D eigenvalue weighted by atomic mass is 10.1. The molecule has 0 radical (unpaired) electrons. The summed E-state index contributed by atoms with van der Waals surface area (Å²) in [5.41, 5.74) is 1.42. The van der Waals surface area contributed by atoms with Crippen molar-refractivity contribution in [3.05, 3.63) is 53.7 Å². The first kappa shape index (κ1) is 14.5. The maximum Gasteiger partial charge on any atom is 0.272 e. The molecule has 0 saturated carbocycles. The van der Waals surface area contributed by atoms with Gasteiger partial charge in [-0.1, -0.05) is 30.3 Å². The second-order valence-corrected chi connectivity index (χ2v) is 5.58. The molecule has 0 aliphatic carbocycles. The Balaban J connectivity index is 1.64. The molecular weight excluding hydrogens is 276 g/mol. The van der Waals surface area contributed by atoms with E-state index in [4.69, 9.17) is 0 Å². The Kier molecular flexibility index (Phi) is 4.32. The third-order valence-corrected chi connectivity index (χ3v) is 3.96. The number of aromatic nitrogens is 2. The molecule has 1 aromatic carbocycles. The number of anilines is 1. The van der Waals surface area contributed by atoms with E-state index in [-0.39, 0.29) is 11.9 Å². The summed E-state index contributed by atoms with van der Waals surface area (Å²) in [5.74, 6) is 0.655. The van der Waals surface area contributed by atoms with Crippen molar-refractivity contribution in [2.45, 2.75) is 25.8 Å². The van der Waals surface area contributed by atoms with Crippen molar-refractivity contribution in [3.8, 4) is 0 Å². The van der Waals surface area contributed by atoms with Crippen LogP contribution in [0.25, 0.3) is 0 Å². The molecule has 0 bridgehead atoms. The average molecular weight is 296 g/mol. The minimum atomic E-state index is -0.197. The molecule has 1 aliphatic heterocycles. The number of hydrogen-bond donors (Lipinski definition) is 1. The SMILES string of the molecule is C[C@@H](NC(=O)c1ccc(N2CCCC2)nn1)c1ccccc1. The predicted molar refractivity (Wildman–Crippen MR) is 85.8 cm³/mol. The van der Waals surface area contributed by atoms with Gasteiger partial charge in [0.25, 0.3) is 5.91 Å². The Morgan fingerprint density at radius 3 is 2.45 bits per heavy atom. The lowest BCUT2D eigenvalue weighted by molar-refractivity contribution is 0.0934. The van der Waals surface area contributed by atoms with Crippen molar-refractivity contribution >= 4 is 11.7 Å². The summed E-state index contributed by atoms with van der Waals surface area (Å²) in [4.78, 5) is 14.4. The molecule has 0 unspecified atom stereocenters. The molecule has 1 fully saturated rings. The second kappa shape index (κ2) is 6.56. The summed E-state index contributed by atoms with van der Waals surface area (Å²) in [6, 6.07) is 13.4. The van der Waals surface area contributed by atoms with Crippen LogP contribution in [0.1, 0.15) is 41.9 Å². The first-order valence-electron chi connectivity index (χ1n) is 7.68. The highest BCUT2D eigenvalue weighted by Gasteiger charge is 2.16. The van der Waals surface area contributed by atoms with Gasteiger partial charge in [-0.05, 0) is 37.5 Å². The normalized spacial score (nSPS) is 15.6. The fourth-order valence-corrected chi connectivity index (χ4v) is 2.66. The van der Waals surface area contributed by atoms with E-state index < -0.39 is 0 Å². The Morgan fingerprint density at radius 1 is 1.09 bits per heavy atom. The molecule has 1 aliphatic rings. The molecule has 0 spiro atoms. The summed E-state index contributed by atoms with van der Waals surface area (Å²) in [6.45, 7) is 4.00. The van der Waals surface area contributed by atoms with Crippen molar-refractivity contribution in [2.75, 3.05) is 18.0 Å². The van der Waals surface area contributed by atoms with Gasteiger partial charge in [-0.3, -0.25) is 4.79 Å². The van der Waals surface area contributed by atoms with E-state index in [1.54, 1.807) is 6.07 Å².